The Morgan fingerprint density at radius 1 is 1.32 bits per heavy atom. The molecule has 1 heterocycles. The standard InChI is InChI=1S/C14H15NO3S/c1-3-4-12-7-10-14(16)15(12)19(17,18)13-8-5-11(2)6-9-13/h3,5-10,12H,1,4H2,2H3/t12-/m0/s1. The Morgan fingerprint density at radius 2 is 1.95 bits per heavy atom. The lowest BCUT2D eigenvalue weighted by molar-refractivity contribution is -0.121. The van der Waals surface area contributed by atoms with Crippen molar-refractivity contribution in [2.45, 2.75) is 24.3 Å². The van der Waals surface area contributed by atoms with Gasteiger partial charge in [-0.15, -0.1) is 6.58 Å². The number of carbonyl (C=O) groups excluding carboxylic acids is 1. The molecule has 2 rings (SSSR count). The first-order valence-electron chi connectivity index (χ1n) is 5.91. The third-order valence-electron chi connectivity index (χ3n) is 2.97. The zero-order valence-electron chi connectivity index (χ0n) is 10.6. The lowest BCUT2D eigenvalue weighted by atomic mass is 10.2. The van der Waals surface area contributed by atoms with Crippen LogP contribution in [0.2, 0.25) is 0 Å². The van der Waals surface area contributed by atoms with Crippen LogP contribution in [0.25, 0.3) is 0 Å². The van der Waals surface area contributed by atoms with Gasteiger partial charge in [0.15, 0.2) is 0 Å². The number of benzene rings is 1. The number of sulfonamides is 1. The summed E-state index contributed by atoms with van der Waals surface area (Å²) < 4.78 is 25.9. The molecule has 0 aliphatic carbocycles. The second-order valence-electron chi connectivity index (χ2n) is 4.40. The van der Waals surface area contributed by atoms with Crippen molar-refractivity contribution in [3.8, 4) is 0 Å². The van der Waals surface area contributed by atoms with Crippen molar-refractivity contribution in [2.24, 2.45) is 0 Å². The maximum atomic E-state index is 12.5. The third kappa shape index (κ3) is 2.46. The van der Waals surface area contributed by atoms with Gasteiger partial charge in [-0.1, -0.05) is 29.8 Å². The van der Waals surface area contributed by atoms with Crippen LogP contribution in [0.15, 0.2) is 54.0 Å². The van der Waals surface area contributed by atoms with E-state index in [2.05, 4.69) is 6.58 Å². The first-order chi connectivity index (χ1) is 8.96. The average Bonchev–Trinajstić information content (AvgIpc) is 2.72. The smallest absolute Gasteiger partial charge is 0.267 e. The van der Waals surface area contributed by atoms with E-state index in [0.717, 1.165) is 9.87 Å². The van der Waals surface area contributed by atoms with Crippen LogP contribution < -0.4 is 0 Å². The van der Waals surface area contributed by atoms with Crippen molar-refractivity contribution < 1.29 is 13.2 Å². The molecule has 0 radical (unpaired) electrons. The fourth-order valence-corrected chi connectivity index (χ4v) is 3.49. The first kappa shape index (κ1) is 13.5. The molecule has 1 aromatic carbocycles. The Bertz CT molecular complexity index is 629. The van der Waals surface area contributed by atoms with Gasteiger partial charge in [0.05, 0.1) is 10.9 Å². The van der Waals surface area contributed by atoms with Crippen molar-refractivity contribution in [1.82, 2.24) is 4.31 Å². The van der Waals surface area contributed by atoms with Crippen LogP contribution in [-0.4, -0.2) is 24.7 Å². The van der Waals surface area contributed by atoms with E-state index in [-0.39, 0.29) is 4.90 Å². The predicted octanol–water partition coefficient (Wildman–Crippen LogP) is 2.03. The number of hydrogen-bond donors (Lipinski definition) is 0. The lowest BCUT2D eigenvalue weighted by Crippen LogP contribution is -2.39. The summed E-state index contributed by atoms with van der Waals surface area (Å²) in [5.41, 5.74) is 0.965. The van der Waals surface area contributed by atoms with Crippen molar-refractivity contribution >= 4 is 15.9 Å². The number of aryl methyl sites for hydroxylation is 1. The topological polar surface area (TPSA) is 54.5 Å². The molecule has 0 fully saturated rings. The zero-order chi connectivity index (χ0) is 14.0. The summed E-state index contributed by atoms with van der Waals surface area (Å²) in [6.45, 7) is 5.46. The molecule has 0 spiro atoms. The molecule has 0 aromatic heterocycles. The number of amides is 1. The SMILES string of the molecule is C=CC[C@H]1C=CC(=O)N1S(=O)(=O)c1ccc(C)cc1. The van der Waals surface area contributed by atoms with Gasteiger partial charge in [0, 0.05) is 6.08 Å². The molecule has 1 amide bonds. The Labute approximate surface area is 113 Å². The van der Waals surface area contributed by atoms with Crippen LogP contribution in [0, 0.1) is 6.92 Å². The monoisotopic (exact) mass is 277 g/mol. The number of hydrogen-bond acceptors (Lipinski definition) is 3. The summed E-state index contributed by atoms with van der Waals surface area (Å²) >= 11 is 0. The molecule has 1 aliphatic heterocycles. The average molecular weight is 277 g/mol. The van der Waals surface area contributed by atoms with E-state index < -0.39 is 22.0 Å². The summed E-state index contributed by atoms with van der Waals surface area (Å²) in [7, 11) is -3.80. The Morgan fingerprint density at radius 3 is 2.53 bits per heavy atom. The van der Waals surface area contributed by atoms with Crippen LogP contribution in [0.1, 0.15) is 12.0 Å². The molecule has 0 bridgehead atoms. The molecule has 0 N–H and O–H groups in total. The summed E-state index contributed by atoms with van der Waals surface area (Å²) in [4.78, 5) is 11.9. The fourth-order valence-electron chi connectivity index (χ4n) is 1.97. The molecule has 0 unspecified atom stereocenters. The largest absolute Gasteiger partial charge is 0.269 e. The number of carbonyl (C=O) groups is 1. The maximum Gasteiger partial charge on any atom is 0.267 e. The molecule has 5 heteroatoms. The second kappa shape index (κ2) is 5.01. The van der Waals surface area contributed by atoms with Gasteiger partial charge in [0.2, 0.25) is 0 Å². The van der Waals surface area contributed by atoms with Gasteiger partial charge in [0.1, 0.15) is 0 Å². The highest BCUT2D eigenvalue weighted by molar-refractivity contribution is 7.89. The summed E-state index contributed by atoms with van der Waals surface area (Å²) in [6.07, 6.45) is 4.90. The van der Waals surface area contributed by atoms with E-state index in [0.29, 0.717) is 6.42 Å². The number of rotatable bonds is 4. The van der Waals surface area contributed by atoms with Crippen LogP contribution in [0.4, 0.5) is 0 Å². The normalized spacial score (nSPS) is 18.9. The minimum Gasteiger partial charge on any atom is -0.269 e. The van der Waals surface area contributed by atoms with E-state index in [1.807, 2.05) is 6.92 Å². The van der Waals surface area contributed by atoms with Crippen molar-refractivity contribution in [3.63, 3.8) is 0 Å². The van der Waals surface area contributed by atoms with E-state index in [1.54, 1.807) is 24.3 Å². The van der Waals surface area contributed by atoms with Gasteiger partial charge in [-0.25, -0.2) is 12.7 Å². The predicted molar refractivity (Wildman–Crippen MR) is 73.0 cm³/mol. The highest BCUT2D eigenvalue weighted by Crippen LogP contribution is 2.25. The summed E-state index contributed by atoms with van der Waals surface area (Å²) in [5, 5.41) is 0. The molecule has 1 aliphatic rings. The Balaban J connectivity index is 2.41. The molecule has 100 valence electrons. The Hall–Kier alpha value is -1.88. The maximum absolute atomic E-state index is 12.5. The van der Waals surface area contributed by atoms with Gasteiger partial charge in [-0.05, 0) is 25.5 Å². The summed E-state index contributed by atoms with van der Waals surface area (Å²) in [5.74, 6) is -0.507. The van der Waals surface area contributed by atoms with Gasteiger partial charge in [-0.2, -0.15) is 0 Å². The quantitative estimate of drug-likeness (QED) is 0.791. The minimum absolute atomic E-state index is 0.129. The van der Waals surface area contributed by atoms with Crippen LogP contribution >= 0.6 is 0 Å². The molecule has 19 heavy (non-hydrogen) atoms. The highest BCUT2D eigenvalue weighted by atomic mass is 32.2. The Kier molecular flexibility index (Phi) is 3.57. The van der Waals surface area contributed by atoms with Gasteiger partial charge in [-0.3, -0.25) is 4.79 Å². The molecule has 0 saturated heterocycles. The minimum atomic E-state index is -3.80. The van der Waals surface area contributed by atoms with Gasteiger partial charge >= 0.3 is 0 Å². The van der Waals surface area contributed by atoms with Crippen molar-refractivity contribution in [3.05, 3.63) is 54.6 Å². The molecule has 0 saturated carbocycles. The van der Waals surface area contributed by atoms with Crippen molar-refractivity contribution in [1.29, 1.82) is 0 Å². The molecule has 4 nitrogen and oxygen atoms in total. The van der Waals surface area contributed by atoms with E-state index >= 15 is 0 Å². The zero-order valence-corrected chi connectivity index (χ0v) is 11.4. The third-order valence-corrected chi connectivity index (χ3v) is 4.80. The van der Waals surface area contributed by atoms with Crippen molar-refractivity contribution in [2.75, 3.05) is 0 Å². The fraction of sp³-hybridized carbons (Fsp3) is 0.214. The molecule has 1 atom stereocenters. The van der Waals surface area contributed by atoms with Gasteiger partial charge in [0.25, 0.3) is 15.9 Å². The van der Waals surface area contributed by atoms with Crippen LogP contribution in [0.3, 0.4) is 0 Å². The van der Waals surface area contributed by atoms with Crippen LogP contribution in [-0.2, 0) is 14.8 Å². The van der Waals surface area contributed by atoms with E-state index in [1.165, 1.54) is 18.2 Å². The first-order valence-corrected chi connectivity index (χ1v) is 7.35. The van der Waals surface area contributed by atoms with Crippen LogP contribution in [0.5, 0.6) is 0 Å². The van der Waals surface area contributed by atoms with E-state index in [9.17, 15) is 13.2 Å². The second-order valence-corrected chi connectivity index (χ2v) is 6.22. The molecular formula is C14H15NO3S. The van der Waals surface area contributed by atoms with Gasteiger partial charge < -0.3 is 0 Å². The highest BCUT2D eigenvalue weighted by Gasteiger charge is 2.36. The molecule has 1 aromatic rings. The number of nitrogens with zero attached hydrogens (tertiary/aromatic N) is 1. The lowest BCUT2D eigenvalue weighted by Gasteiger charge is -2.23. The molecular weight excluding hydrogens is 262 g/mol. The van der Waals surface area contributed by atoms with E-state index in [4.69, 9.17) is 0 Å². The summed E-state index contributed by atoms with van der Waals surface area (Å²) in [6, 6.07) is 5.98.